The van der Waals surface area contributed by atoms with Crippen LogP contribution in [0.4, 0.5) is 5.69 Å². The molecular weight excluding hydrogens is 474 g/mol. The number of esters is 1. The van der Waals surface area contributed by atoms with E-state index in [9.17, 15) is 13.2 Å². The van der Waals surface area contributed by atoms with Crippen LogP contribution in [0.3, 0.4) is 0 Å². The number of carbonyl (C=O) groups is 1. The highest BCUT2D eigenvalue weighted by Crippen LogP contribution is 2.44. The summed E-state index contributed by atoms with van der Waals surface area (Å²) in [5, 5.41) is 1.69. The van der Waals surface area contributed by atoms with Crippen molar-refractivity contribution in [3.05, 3.63) is 100 Å². The minimum Gasteiger partial charge on any atom is -0.572 e. The van der Waals surface area contributed by atoms with Crippen LogP contribution in [0.5, 0.6) is 0 Å². The standard InChI is InChI=1S/C29H24NO5S/c1-4-34-29(31)26-23-17-24(30-36(32,33)25-15-14-18(2)16-19(25)3)21-12-8-9-13-22(21)28(23)35-27(26)20-10-6-5-7-11-20/h5-17H,4H2,1-3H3/q-1. The number of benzene rings is 4. The Kier molecular flexibility index (Phi) is 6.02. The molecule has 0 saturated carbocycles. The van der Waals surface area contributed by atoms with Crippen molar-refractivity contribution in [2.24, 2.45) is 0 Å². The average Bonchev–Trinajstić information content (AvgIpc) is 3.24. The van der Waals surface area contributed by atoms with Gasteiger partial charge in [0.1, 0.15) is 26.9 Å². The average molecular weight is 499 g/mol. The van der Waals surface area contributed by atoms with E-state index in [1.165, 1.54) is 0 Å². The Morgan fingerprint density at radius 2 is 1.58 bits per heavy atom. The van der Waals surface area contributed by atoms with Gasteiger partial charge in [0.25, 0.3) is 0 Å². The largest absolute Gasteiger partial charge is 0.572 e. The van der Waals surface area contributed by atoms with Crippen LogP contribution in [-0.2, 0) is 14.8 Å². The van der Waals surface area contributed by atoms with E-state index in [2.05, 4.69) is 4.72 Å². The van der Waals surface area contributed by atoms with E-state index in [0.717, 1.165) is 5.56 Å². The zero-order valence-corrected chi connectivity index (χ0v) is 20.9. The summed E-state index contributed by atoms with van der Waals surface area (Å²) in [7, 11) is -4.03. The van der Waals surface area contributed by atoms with Crippen LogP contribution >= 0.6 is 0 Å². The quantitative estimate of drug-likeness (QED) is 0.227. The summed E-state index contributed by atoms with van der Waals surface area (Å²) in [5.74, 6) is -0.183. The Balaban J connectivity index is 1.78. The number of aryl methyl sites for hydroxylation is 2. The Morgan fingerprint density at radius 1 is 0.889 bits per heavy atom. The van der Waals surface area contributed by atoms with E-state index >= 15 is 0 Å². The molecule has 4 aromatic carbocycles. The molecule has 0 bridgehead atoms. The highest BCUT2D eigenvalue weighted by Gasteiger charge is 2.25. The van der Waals surface area contributed by atoms with Gasteiger partial charge in [-0.25, -0.2) is 13.2 Å². The van der Waals surface area contributed by atoms with E-state index in [1.807, 2.05) is 61.5 Å². The van der Waals surface area contributed by atoms with Crippen LogP contribution in [0.2, 0.25) is 0 Å². The lowest BCUT2D eigenvalue weighted by Gasteiger charge is -2.25. The van der Waals surface area contributed by atoms with Gasteiger partial charge >= 0.3 is 5.97 Å². The molecule has 1 aromatic heterocycles. The number of hydrogen-bond donors (Lipinski definition) is 0. The van der Waals surface area contributed by atoms with Crippen molar-refractivity contribution < 1.29 is 22.4 Å². The van der Waals surface area contributed by atoms with Gasteiger partial charge in [0.05, 0.1) is 11.5 Å². The highest BCUT2D eigenvalue weighted by molar-refractivity contribution is 7.94. The van der Waals surface area contributed by atoms with Gasteiger partial charge in [-0.2, -0.15) is 0 Å². The molecule has 0 atom stereocenters. The lowest BCUT2D eigenvalue weighted by Crippen LogP contribution is -2.05. The summed E-state index contributed by atoms with van der Waals surface area (Å²) >= 11 is 0. The summed E-state index contributed by atoms with van der Waals surface area (Å²) < 4.78 is 42.6. The molecule has 0 fully saturated rings. The minimum absolute atomic E-state index is 0.139. The fourth-order valence-electron chi connectivity index (χ4n) is 4.44. The molecular formula is C29H24NO5S-. The number of fused-ring (bicyclic) bond motifs is 3. The van der Waals surface area contributed by atoms with Crippen LogP contribution in [-0.4, -0.2) is 21.0 Å². The lowest BCUT2D eigenvalue weighted by molar-refractivity contribution is 0.0528. The minimum atomic E-state index is -4.03. The van der Waals surface area contributed by atoms with Crippen LogP contribution in [0.1, 0.15) is 28.4 Å². The Morgan fingerprint density at radius 3 is 2.28 bits per heavy atom. The topological polar surface area (TPSA) is 87.7 Å². The number of furan rings is 1. The third-order valence-electron chi connectivity index (χ3n) is 6.02. The van der Waals surface area contributed by atoms with Crippen LogP contribution in [0, 0.1) is 13.8 Å². The summed E-state index contributed by atoms with van der Waals surface area (Å²) in [6.07, 6.45) is 0. The Hall–Kier alpha value is -4.10. The molecule has 36 heavy (non-hydrogen) atoms. The Labute approximate surface area is 209 Å². The first-order chi connectivity index (χ1) is 17.3. The van der Waals surface area contributed by atoms with Gasteiger partial charge in [0, 0.05) is 16.3 Å². The van der Waals surface area contributed by atoms with Crippen molar-refractivity contribution >= 4 is 43.4 Å². The van der Waals surface area contributed by atoms with Gasteiger partial charge in [-0.3, -0.25) is 0 Å². The highest BCUT2D eigenvalue weighted by atomic mass is 32.2. The second-order valence-corrected chi connectivity index (χ2v) is 10.1. The smallest absolute Gasteiger partial charge is 0.342 e. The molecule has 7 heteroatoms. The monoisotopic (exact) mass is 498 g/mol. The van der Waals surface area contributed by atoms with Gasteiger partial charge in [0.15, 0.2) is 0 Å². The number of sulfonamides is 1. The third-order valence-corrected chi connectivity index (χ3v) is 7.47. The Bertz CT molecular complexity index is 1720. The molecule has 0 N–H and O–H groups in total. The number of carbonyl (C=O) groups excluding carboxylic acids is 1. The number of ether oxygens (including phenoxy) is 1. The predicted molar refractivity (Wildman–Crippen MR) is 141 cm³/mol. The van der Waals surface area contributed by atoms with Crippen molar-refractivity contribution in [3.63, 3.8) is 0 Å². The molecule has 182 valence electrons. The molecule has 0 radical (unpaired) electrons. The first-order valence-corrected chi connectivity index (χ1v) is 13.0. The molecule has 0 aliphatic rings. The van der Waals surface area contributed by atoms with Crippen molar-refractivity contribution in [3.8, 4) is 11.3 Å². The maximum absolute atomic E-state index is 13.4. The molecule has 0 aliphatic carbocycles. The first-order valence-electron chi connectivity index (χ1n) is 11.6. The zero-order chi connectivity index (χ0) is 25.4. The van der Waals surface area contributed by atoms with E-state index in [0.29, 0.717) is 38.6 Å². The molecule has 0 saturated heterocycles. The van der Waals surface area contributed by atoms with E-state index in [1.54, 1.807) is 38.1 Å². The second kappa shape index (κ2) is 9.17. The normalized spacial score (nSPS) is 11.6. The molecule has 0 unspecified atom stereocenters. The van der Waals surface area contributed by atoms with Gasteiger partial charge in [-0.1, -0.05) is 78.4 Å². The van der Waals surface area contributed by atoms with E-state index in [4.69, 9.17) is 9.15 Å². The lowest BCUT2D eigenvalue weighted by atomic mass is 10.0. The van der Waals surface area contributed by atoms with Crippen molar-refractivity contribution in [2.45, 2.75) is 25.7 Å². The summed E-state index contributed by atoms with van der Waals surface area (Å²) in [4.78, 5) is 13.3. The van der Waals surface area contributed by atoms with Gasteiger partial charge < -0.3 is 13.9 Å². The van der Waals surface area contributed by atoms with Crippen LogP contribution in [0.25, 0.3) is 37.8 Å². The van der Waals surface area contributed by atoms with E-state index < -0.39 is 16.0 Å². The second-order valence-electron chi connectivity index (χ2n) is 8.55. The maximum Gasteiger partial charge on any atom is 0.342 e. The summed E-state index contributed by atoms with van der Waals surface area (Å²) in [6.45, 7) is 5.57. The molecule has 5 rings (SSSR count). The number of hydrogen-bond acceptors (Lipinski definition) is 5. The molecule has 5 aromatic rings. The summed E-state index contributed by atoms with van der Waals surface area (Å²) in [6, 6.07) is 23.3. The van der Waals surface area contributed by atoms with Gasteiger partial charge in [-0.05, 0) is 37.8 Å². The predicted octanol–water partition coefficient (Wildman–Crippen LogP) is 7.44. The van der Waals surface area contributed by atoms with E-state index in [-0.39, 0.29) is 22.8 Å². The van der Waals surface area contributed by atoms with Gasteiger partial charge in [-0.15, -0.1) is 5.69 Å². The van der Waals surface area contributed by atoms with Crippen molar-refractivity contribution in [1.29, 1.82) is 0 Å². The number of rotatable bonds is 6. The molecule has 0 spiro atoms. The third kappa shape index (κ3) is 4.12. The SMILES string of the molecule is CCOC(=O)c1c(-c2ccccc2)oc2c1cc([N-]S(=O)(=O)c1ccc(C)cc1C)c1ccccc12. The fourth-order valence-corrected chi connectivity index (χ4v) is 5.66. The zero-order valence-electron chi connectivity index (χ0n) is 20.1. The van der Waals surface area contributed by atoms with Crippen LogP contribution < -0.4 is 0 Å². The molecule has 1 heterocycles. The first kappa shape index (κ1) is 23.6. The number of nitrogens with zero attached hydrogens (tertiary/aromatic N) is 1. The van der Waals surface area contributed by atoms with Crippen LogP contribution in [0.15, 0.2) is 88.2 Å². The van der Waals surface area contributed by atoms with Crippen molar-refractivity contribution in [2.75, 3.05) is 6.61 Å². The molecule has 6 nitrogen and oxygen atoms in total. The molecule has 0 aliphatic heterocycles. The maximum atomic E-state index is 13.4. The van der Waals surface area contributed by atoms with Gasteiger partial charge in [0.2, 0.25) is 0 Å². The summed E-state index contributed by atoms with van der Waals surface area (Å²) in [5.41, 5.74) is 3.22. The fraction of sp³-hybridized carbons (Fsp3) is 0.138. The van der Waals surface area contributed by atoms with Crippen molar-refractivity contribution in [1.82, 2.24) is 0 Å². The molecule has 0 amide bonds.